The van der Waals surface area contributed by atoms with Crippen molar-refractivity contribution in [1.82, 2.24) is 0 Å². The number of nitrogens with zero attached hydrogens (tertiary/aromatic N) is 3. The molecule has 0 fully saturated rings. The van der Waals surface area contributed by atoms with E-state index in [9.17, 15) is 0 Å². The highest BCUT2D eigenvalue weighted by molar-refractivity contribution is 6.13. The average Bonchev–Trinajstić information content (AvgIpc) is 0.762. The number of aryl methyl sites for hydroxylation is 2. The summed E-state index contributed by atoms with van der Waals surface area (Å²) in [5, 5.41) is 17.0. The molecule has 0 aliphatic heterocycles. The van der Waals surface area contributed by atoms with Gasteiger partial charge in [0.15, 0.2) is 0 Å². The molecule has 0 spiro atoms. The summed E-state index contributed by atoms with van der Waals surface area (Å²) in [5.41, 5.74) is 34.5. The molecule has 0 heterocycles. The maximum absolute atomic E-state index is 8.61. The molecular weight excluding hydrogens is 1770 g/mol. The van der Waals surface area contributed by atoms with Gasteiger partial charge in [-0.15, -0.1) is 0 Å². The van der Waals surface area contributed by atoms with Crippen molar-refractivity contribution < 1.29 is 6.85 Å². The minimum Gasteiger partial charge on any atom is -0.311 e. The van der Waals surface area contributed by atoms with Crippen LogP contribution in [0.25, 0.3) is 187 Å². The van der Waals surface area contributed by atoms with Gasteiger partial charge in [0.2, 0.25) is 0 Å². The summed E-state index contributed by atoms with van der Waals surface area (Å²) in [4.78, 5) is 6.93. The van der Waals surface area contributed by atoms with Crippen LogP contribution in [0, 0.1) is 13.8 Å². The van der Waals surface area contributed by atoms with Gasteiger partial charge in [0.1, 0.15) is 0 Å². The van der Waals surface area contributed by atoms with Gasteiger partial charge in [-0.3, -0.25) is 0 Å². The van der Waals surface area contributed by atoms with Crippen molar-refractivity contribution in [2.75, 3.05) is 14.7 Å². The molecule has 0 radical (unpaired) electrons. The number of anilines is 9. The zero-order chi connectivity index (χ0) is 103. The highest BCUT2D eigenvalue weighted by atomic mass is 15.2. The second-order valence-corrected chi connectivity index (χ2v) is 37.4. The Labute approximate surface area is 866 Å². The van der Waals surface area contributed by atoms with Gasteiger partial charge in [-0.05, 0) is 351 Å². The summed E-state index contributed by atoms with van der Waals surface area (Å²) in [7, 11) is 0. The predicted molar refractivity (Wildman–Crippen MR) is 630 cm³/mol. The molecule has 0 aromatic heterocycles. The smallest absolute Gasteiger partial charge is 0.0629 e. The largest absolute Gasteiger partial charge is 0.311 e. The molecular formula is C144H103N3. The molecule has 0 unspecified atom stereocenters. The molecule has 26 aromatic carbocycles. The number of rotatable bonds is 19. The van der Waals surface area contributed by atoms with Crippen molar-refractivity contribution in [2.45, 2.75) is 13.8 Å². The van der Waals surface area contributed by atoms with Gasteiger partial charge in [-0.25, -0.2) is 0 Å². The molecule has 0 aliphatic rings. The fourth-order valence-electron chi connectivity index (χ4n) is 21.3. The molecule has 0 bridgehead atoms. The van der Waals surface area contributed by atoms with Crippen molar-refractivity contribution >= 4 is 127 Å². The Morgan fingerprint density at radius 1 is 0.129 bits per heavy atom. The van der Waals surface area contributed by atoms with E-state index in [1.54, 1.807) is 0 Å². The third-order valence-corrected chi connectivity index (χ3v) is 28.5. The molecule has 0 N–H and O–H groups in total. The molecule has 694 valence electrons. The van der Waals surface area contributed by atoms with Gasteiger partial charge in [0.25, 0.3) is 0 Å². The average molecular weight is 1880 g/mol. The van der Waals surface area contributed by atoms with Gasteiger partial charge in [-0.1, -0.05) is 449 Å². The summed E-state index contributed by atoms with van der Waals surface area (Å²) in [5.74, 6) is 0. The zero-order valence-corrected chi connectivity index (χ0v) is 81.5. The lowest BCUT2D eigenvalue weighted by molar-refractivity contribution is 1.28. The number of hydrogen-bond donors (Lipinski definition) is 0. The molecule has 0 aliphatic carbocycles. The van der Waals surface area contributed by atoms with Crippen LogP contribution in [0.3, 0.4) is 0 Å². The molecule has 3 heteroatoms. The summed E-state index contributed by atoms with van der Waals surface area (Å²) in [6.07, 6.45) is 0. The second kappa shape index (κ2) is 40.9. The maximum Gasteiger partial charge on any atom is 0.0629 e. The Kier molecular flexibility index (Phi) is 23.6. The van der Waals surface area contributed by atoms with Crippen LogP contribution in [0.5, 0.6) is 0 Å². The third-order valence-electron chi connectivity index (χ3n) is 28.5. The van der Waals surface area contributed by atoms with Crippen LogP contribution in [0.2, 0.25) is 0 Å². The van der Waals surface area contributed by atoms with E-state index >= 15 is 0 Å². The van der Waals surface area contributed by atoms with Crippen LogP contribution in [0.1, 0.15) is 18.0 Å². The number of fused-ring (bicyclic) bond motifs is 9. The monoisotopic (exact) mass is 1880 g/mol. The second-order valence-electron chi connectivity index (χ2n) is 37.4. The van der Waals surface area contributed by atoms with Crippen LogP contribution in [0.15, 0.2) is 588 Å². The van der Waals surface area contributed by atoms with Crippen LogP contribution in [-0.4, -0.2) is 0 Å². The van der Waals surface area contributed by atoms with Crippen LogP contribution in [-0.2, 0) is 0 Å². The minimum atomic E-state index is -0.397. The SMILES string of the molecule is Cc1ccccc1-c1ccc(-c2ccccc2C)c(-c2ccc3c(ccc4cc(N(c5ccccc5)c5ccccc5)ccc43)c2)c1.[2H]c1c([2H])c([2H])c(-c2ccc(-c3ccccc3)c(-c3ccc4c(ccc5cc(N(c6ccccc6)c6ccccc6)ccc54)c3)c2)c([2H])c1[2H].c1ccc(N(c2ccc(-c3cc(-c4cccc5ccccc45)ccc3-c3cccc4ccccc34)cc2)c2ccc(-c3cccc4ccccc34)cc2)cc1. The van der Waals surface area contributed by atoms with Gasteiger partial charge in [0.05, 0.1) is 6.85 Å². The van der Waals surface area contributed by atoms with Crippen molar-refractivity contribution in [1.29, 1.82) is 0 Å². The highest BCUT2D eigenvalue weighted by Gasteiger charge is 2.23. The fraction of sp³-hybridized carbons (Fsp3) is 0.0139. The van der Waals surface area contributed by atoms with Crippen LogP contribution in [0.4, 0.5) is 51.2 Å². The Morgan fingerprint density at radius 2 is 0.395 bits per heavy atom. The van der Waals surface area contributed by atoms with Crippen molar-refractivity contribution in [3.05, 3.63) is 599 Å². The summed E-state index contributed by atoms with van der Waals surface area (Å²) >= 11 is 0. The summed E-state index contributed by atoms with van der Waals surface area (Å²) in [6.45, 7) is 4.39. The lowest BCUT2D eigenvalue weighted by atomic mass is 9.88. The normalized spacial score (nSPS) is 11.7. The van der Waals surface area contributed by atoms with Crippen LogP contribution < -0.4 is 14.7 Å². The van der Waals surface area contributed by atoms with Gasteiger partial charge >= 0.3 is 0 Å². The molecule has 26 aromatic rings. The van der Waals surface area contributed by atoms with E-state index in [-0.39, 0.29) is 29.7 Å². The van der Waals surface area contributed by atoms with Crippen LogP contribution >= 0.6 is 0 Å². The Bertz CT molecular complexity index is 9500. The molecule has 3 nitrogen and oxygen atoms in total. The fourth-order valence-corrected chi connectivity index (χ4v) is 21.3. The highest BCUT2D eigenvalue weighted by Crippen LogP contribution is 2.49. The Morgan fingerprint density at radius 3 is 0.844 bits per heavy atom. The maximum atomic E-state index is 8.61. The lowest BCUT2D eigenvalue weighted by Crippen LogP contribution is -2.09. The van der Waals surface area contributed by atoms with E-state index in [2.05, 4.69) is 538 Å². The number of para-hydroxylation sites is 5. The van der Waals surface area contributed by atoms with Gasteiger partial charge in [0, 0.05) is 51.2 Å². The van der Waals surface area contributed by atoms with Crippen molar-refractivity contribution in [2.24, 2.45) is 0 Å². The van der Waals surface area contributed by atoms with Crippen molar-refractivity contribution in [3.63, 3.8) is 0 Å². The van der Waals surface area contributed by atoms with E-state index < -0.39 is 6.04 Å². The molecule has 147 heavy (non-hydrogen) atoms. The number of hydrogen-bond acceptors (Lipinski definition) is 3. The third kappa shape index (κ3) is 18.5. The van der Waals surface area contributed by atoms with Gasteiger partial charge < -0.3 is 14.7 Å². The predicted octanol–water partition coefficient (Wildman–Crippen LogP) is 40.8. The molecule has 0 atom stereocenters. The molecule has 26 rings (SSSR count). The lowest BCUT2D eigenvalue weighted by Gasteiger charge is -2.26. The quantitative estimate of drug-likeness (QED) is 0.0747. The standard InChI is InChI=1S/C54H37N.C46H35N.C44H31N/c1-2-19-44(20-3-1)55(45-32-27-41(28-33-45)49-24-10-16-38-13-4-7-21-47(38)49)46-34-29-42(30-35-46)54-37-43(51-25-11-17-39-14-5-8-22-48(39)51)31-36-53(54)52-26-12-18-40-15-6-9-23-50(40)52;1-32-13-9-11-19-41(32)37-24-27-45(42-20-12-10-14-33(42)2)46(31-37)35-23-26-43-34(29-35)21-22-36-30-40(25-28-44(36)43)47(38-15-5-3-6-16-38)39-17-7-4-8-18-39;1-5-13-32(14-6-1)34-23-26-41(33-15-7-2-8-16-33)44(31-34)36-24-27-42-35(29-36)21-22-37-30-40(25-28-43(37)42)45(38-17-9-3-10-18-38)39-19-11-4-12-20-39/h1-37H;3-31H,1-2H3;1-31H/i;;1D,5D,6D,13D,14D. The van der Waals surface area contributed by atoms with E-state index in [1.165, 1.54) is 143 Å². The molecule has 0 saturated carbocycles. The Balaban J connectivity index is 0.000000121. The molecule has 0 amide bonds. The first kappa shape index (κ1) is 84.8. The van der Waals surface area contributed by atoms with Gasteiger partial charge in [-0.2, -0.15) is 0 Å². The topological polar surface area (TPSA) is 9.72 Å². The first-order chi connectivity index (χ1) is 74.8. The summed E-state index contributed by atoms with van der Waals surface area (Å²) in [6, 6.07) is 198. The van der Waals surface area contributed by atoms with E-state index in [0.717, 1.165) is 95.0 Å². The Hall–Kier alpha value is -19.1. The van der Waals surface area contributed by atoms with E-state index in [0.29, 0.717) is 5.56 Å². The number of benzene rings is 26. The van der Waals surface area contributed by atoms with E-state index in [4.69, 9.17) is 6.85 Å². The molecule has 0 saturated heterocycles. The minimum absolute atomic E-state index is 0.194. The zero-order valence-electron chi connectivity index (χ0n) is 86.5. The first-order valence-corrected chi connectivity index (χ1v) is 50.2. The van der Waals surface area contributed by atoms with E-state index in [1.807, 2.05) is 48.5 Å². The first-order valence-electron chi connectivity index (χ1n) is 52.7. The van der Waals surface area contributed by atoms with Crippen molar-refractivity contribution in [3.8, 4) is 111 Å². The summed E-state index contributed by atoms with van der Waals surface area (Å²) < 4.78 is 41.8.